The molecule has 166 valence electrons. The average Bonchev–Trinajstić information content (AvgIpc) is 3.59. The molecule has 7 nitrogen and oxygen atoms in total. The first-order valence-electron chi connectivity index (χ1n) is 11.3. The van der Waals surface area contributed by atoms with Crippen LogP contribution in [0.25, 0.3) is 10.9 Å². The standard InChI is InChI=1S/C24H28N6OS/c1-16-6-9-21-20(12-16)23(30-14-18(25)15-30)27-24(26-21)29-10-11-32(31,28-19-7-8-19)22-5-3-2-4-17(22)13-29/h2-6,9,12,18-19H,7-8,10-11,13-15,25H2,1H3. The third kappa shape index (κ3) is 3.51. The van der Waals surface area contributed by atoms with Crippen molar-refractivity contribution in [3.8, 4) is 0 Å². The van der Waals surface area contributed by atoms with Gasteiger partial charge in [-0.25, -0.2) is 13.6 Å². The topological polar surface area (TPSA) is 87.7 Å². The van der Waals surface area contributed by atoms with E-state index in [-0.39, 0.29) is 12.1 Å². The van der Waals surface area contributed by atoms with Crippen LogP contribution < -0.4 is 15.5 Å². The van der Waals surface area contributed by atoms with Gasteiger partial charge in [-0.15, -0.1) is 0 Å². The van der Waals surface area contributed by atoms with E-state index in [0.29, 0.717) is 24.8 Å². The van der Waals surface area contributed by atoms with E-state index in [1.54, 1.807) is 0 Å². The second kappa shape index (κ2) is 7.42. The van der Waals surface area contributed by atoms with Gasteiger partial charge in [0.25, 0.3) is 0 Å². The molecule has 1 aromatic heterocycles. The minimum atomic E-state index is -2.44. The van der Waals surface area contributed by atoms with Crippen LogP contribution in [0, 0.1) is 6.92 Å². The van der Waals surface area contributed by atoms with Gasteiger partial charge in [0, 0.05) is 37.6 Å². The Morgan fingerprint density at radius 2 is 1.91 bits per heavy atom. The van der Waals surface area contributed by atoms with E-state index in [1.165, 1.54) is 5.56 Å². The lowest BCUT2D eigenvalue weighted by Gasteiger charge is -2.38. The fourth-order valence-electron chi connectivity index (χ4n) is 4.56. The van der Waals surface area contributed by atoms with Crippen LogP contribution >= 0.6 is 0 Å². The minimum Gasteiger partial charge on any atom is -0.353 e. The lowest BCUT2D eigenvalue weighted by molar-refractivity contribution is 0.515. The van der Waals surface area contributed by atoms with Crippen LogP contribution in [0.2, 0.25) is 0 Å². The second-order valence-corrected chi connectivity index (χ2v) is 11.6. The number of nitrogens with two attached hydrogens (primary N) is 1. The van der Waals surface area contributed by atoms with E-state index < -0.39 is 9.73 Å². The molecule has 0 radical (unpaired) electrons. The molecule has 1 atom stereocenters. The molecule has 1 unspecified atom stereocenters. The molecule has 3 aliphatic rings. The van der Waals surface area contributed by atoms with E-state index in [0.717, 1.165) is 53.1 Å². The summed E-state index contributed by atoms with van der Waals surface area (Å²) in [6, 6.07) is 14.8. The molecule has 2 aromatic carbocycles. The molecule has 0 amide bonds. The van der Waals surface area contributed by atoms with Crippen molar-refractivity contribution in [2.24, 2.45) is 10.1 Å². The molecule has 0 spiro atoms. The first-order valence-corrected chi connectivity index (χ1v) is 13.0. The fraction of sp³-hybridized carbons (Fsp3) is 0.417. The van der Waals surface area contributed by atoms with Gasteiger partial charge >= 0.3 is 0 Å². The van der Waals surface area contributed by atoms with Crippen molar-refractivity contribution in [1.82, 2.24) is 9.97 Å². The predicted octanol–water partition coefficient (Wildman–Crippen LogP) is 3.10. The maximum absolute atomic E-state index is 13.9. The number of benzene rings is 2. The van der Waals surface area contributed by atoms with Gasteiger partial charge in [-0.1, -0.05) is 29.8 Å². The van der Waals surface area contributed by atoms with Crippen molar-refractivity contribution in [2.75, 3.05) is 35.2 Å². The van der Waals surface area contributed by atoms with Gasteiger partial charge in [0.1, 0.15) is 5.82 Å². The van der Waals surface area contributed by atoms with E-state index in [9.17, 15) is 4.21 Å². The molecule has 3 aromatic rings. The zero-order chi connectivity index (χ0) is 21.9. The van der Waals surface area contributed by atoms with Crippen LogP contribution in [-0.4, -0.2) is 51.6 Å². The number of hydrogen-bond donors (Lipinski definition) is 1. The Bertz CT molecular complexity index is 1320. The maximum Gasteiger partial charge on any atom is 0.228 e. The quantitative estimate of drug-likeness (QED) is 0.663. The molecule has 3 heterocycles. The first kappa shape index (κ1) is 19.9. The van der Waals surface area contributed by atoms with Crippen molar-refractivity contribution < 1.29 is 4.21 Å². The smallest absolute Gasteiger partial charge is 0.228 e. The van der Waals surface area contributed by atoms with Crippen LogP contribution in [0.5, 0.6) is 0 Å². The lowest BCUT2D eigenvalue weighted by atomic mass is 10.1. The number of rotatable bonds is 3. The largest absolute Gasteiger partial charge is 0.353 e. The van der Waals surface area contributed by atoms with Crippen molar-refractivity contribution in [3.63, 3.8) is 0 Å². The number of aryl methyl sites for hydroxylation is 1. The average molecular weight is 449 g/mol. The summed E-state index contributed by atoms with van der Waals surface area (Å²) in [5, 5.41) is 1.06. The number of nitrogens with zero attached hydrogens (tertiary/aromatic N) is 5. The fourth-order valence-corrected chi connectivity index (χ4v) is 6.99. The summed E-state index contributed by atoms with van der Waals surface area (Å²) in [7, 11) is -2.44. The van der Waals surface area contributed by atoms with Gasteiger partial charge in [-0.05, 0) is 43.5 Å². The highest BCUT2D eigenvalue weighted by Gasteiger charge is 2.31. The molecule has 6 rings (SSSR count). The molecule has 1 saturated carbocycles. The summed E-state index contributed by atoms with van der Waals surface area (Å²) in [5.41, 5.74) is 9.24. The maximum atomic E-state index is 13.9. The Morgan fingerprint density at radius 3 is 2.69 bits per heavy atom. The Kier molecular flexibility index (Phi) is 4.62. The lowest BCUT2D eigenvalue weighted by Crippen LogP contribution is -2.56. The van der Waals surface area contributed by atoms with Crippen LogP contribution in [0.1, 0.15) is 24.0 Å². The summed E-state index contributed by atoms with van der Waals surface area (Å²) in [4.78, 5) is 15.2. The molecule has 2 fully saturated rings. The number of aromatic nitrogens is 2. The zero-order valence-corrected chi connectivity index (χ0v) is 19.1. The van der Waals surface area contributed by atoms with E-state index >= 15 is 0 Å². The van der Waals surface area contributed by atoms with E-state index in [1.807, 2.05) is 18.2 Å². The summed E-state index contributed by atoms with van der Waals surface area (Å²) >= 11 is 0. The van der Waals surface area contributed by atoms with Crippen molar-refractivity contribution in [3.05, 3.63) is 53.6 Å². The summed E-state index contributed by atoms with van der Waals surface area (Å²) in [6.07, 6.45) is 2.11. The monoisotopic (exact) mass is 448 g/mol. The Labute approximate surface area is 188 Å². The number of anilines is 2. The molecule has 32 heavy (non-hydrogen) atoms. The highest BCUT2D eigenvalue weighted by molar-refractivity contribution is 7.93. The molecule has 1 aliphatic carbocycles. The number of fused-ring (bicyclic) bond motifs is 2. The third-order valence-corrected chi connectivity index (χ3v) is 8.95. The van der Waals surface area contributed by atoms with Crippen LogP contribution in [0.3, 0.4) is 0 Å². The molecule has 2 N–H and O–H groups in total. The Morgan fingerprint density at radius 1 is 1.09 bits per heavy atom. The predicted molar refractivity (Wildman–Crippen MR) is 129 cm³/mol. The van der Waals surface area contributed by atoms with Gasteiger partial charge in [-0.2, -0.15) is 4.98 Å². The summed E-state index contributed by atoms with van der Waals surface area (Å²) in [6.45, 7) is 4.93. The van der Waals surface area contributed by atoms with Gasteiger partial charge in [0.15, 0.2) is 0 Å². The Hall–Kier alpha value is -2.71. The molecule has 8 heteroatoms. The SMILES string of the molecule is Cc1ccc2nc(N3CCS(=O)(=NC4CC4)c4ccccc4C3)nc(N3CC(N)C3)c2c1. The van der Waals surface area contributed by atoms with Crippen LogP contribution in [0.15, 0.2) is 51.7 Å². The molecular formula is C24H28N6OS. The van der Waals surface area contributed by atoms with Gasteiger partial charge in [-0.3, -0.25) is 0 Å². The Balaban J connectivity index is 1.44. The number of hydrogen-bond acceptors (Lipinski definition) is 7. The molecular weight excluding hydrogens is 420 g/mol. The van der Waals surface area contributed by atoms with Gasteiger partial charge in [0.2, 0.25) is 5.95 Å². The second-order valence-electron chi connectivity index (χ2n) is 9.24. The van der Waals surface area contributed by atoms with Crippen LogP contribution in [0.4, 0.5) is 11.8 Å². The molecule has 2 aliphatic heterocycles. The zero-order valence-electron chi connectivity index (χ0n) is 18.3. The van der Waals surface area contributed by atoms with Crippen molar-refractivity contribution >= 4 is 32.4 Å². The first-order chi connectivity index (χ1) is 15.5. The third-order valence-electron chi connectivity index (χ3n) is 6.49. The van der Waals surface area contributed by atoms with Gasteiger partial charge < -0.3 is 15.5 Å². The summed E-state index contributed by atoms with van der Waals surface area (Å²) < 4.78 is 18.7. The normalized spacial score (nSPS) is 23.6. The van der Waals surface area contributed by atoms with E-state index in [2.05, 4.69) is 41.0 Å². The summed E-state index contributed by atoms with van der Waals surface area (Å²) in [5.74, 6) is 2.12. The van der Waals surface area contributed by atoms with Crippen molar-refractivity contribution in [2.45, 2.75) is 43.3 Å². The van der Waals surface area contributed by atoms with E-state index in [4.69, 9.17) is 20.1 Å². The van der Waals surface area contributed by atoms with Gasteiger partial charge in [0.05, 0.1) is 31.9 Å². The van der Waals surface area contributed by atoms with Crippen molar-refractivity contribution in [1.29, 1.82) is 0 Å². The highest BCUT2D eigenvalue weighted by atomic mass is 32.2. The molecule has 0 bridgehead atoms. The highest BCUT2D eigenvalue weighted by Crippen LogP contribution is 2.34. The van der Waals surface area contributed by atoms with Crippen LogP contribution in [-0.2, 0) is 16.3 Å². The minimum absolute atomic E-state index is 0.187. The molecule has 1 saturated heterocycles.